The van der Waals surface area contributed by atoms with Crippen molar-refractivity contribution in [2.75, 3.05) is 13.1 Å². The molecule has 0 aromatic rings. The van der Waals surface area contributed by atoms with Gasteiger partial charge in [-0.15, -0.1) is 0 Å². The second-order valence-electron chi connectivity index (χ2n) is 13.1. The third-order valence-corrected chi connectivity index (χ3v) is 6.39. The van der Waals surface area contributed by atoms with Gasteiger partial charge >= 0.3 is 24.1 Å². The van der Waals surface area contributed by atoms with E-state index in [1.807, 2.05) is 0 Å². The Balaban J connectivity index is 5.69. The van der Waals surface area contributed by atoms with Gasteiger partial charge in [0.25, 0.3) is 0 Å². The van der Waals surface area contributed by atoms with E-state index in [9.17, 15) is 28.8 Å². The first-order valence-electron chi connectivity index (χ1n) is 15.7. The Bertz CT molecular complexity index is 1070. The number of amidine groups is 2. The second kappa shape index (κ2) is 20.3. The average molecular weight is 671 g/mol. The molecule has 0 saturated carbocycles. The number of rotatable bonds is 16. The van der Waals surface area contributed by atoms with Crippen LogP contribution in [-0.4, -0.2) is 104 Å². The van der Waals surface area contributed by atoms with Crippen molar-refractivity contribution in [2.24, 2.45) is 21.5 Å². The molecule has 0 aliphatic carbocycles. The molecule has 4 amide bonds. The number of ether oxygens (including phenoxy) is 2. The maximum absolute atomic E-state index is 13.3. The Morgan fingerprint density at radius 2 is 0.936 bits per heavy atom. The number of amides is 4. The first kappa shape index (κ1) is 43.1. The first-order valence-corrected chi connectivity index (χ1v) is 15.7. The van der Waals surface area contributed by atoms with Crippen molar-refractivity contribution in [1.82, 2.24) is 9.80 Å². The molecule has 47 heavy (non-hydrogen) atoms. The average Bonchev–Trinajstić information content (AvgIpc) is 2.89. The third kappa shape index (κ3) is 20.0. The van der Waals surface area contributed by atoms with Crippen molar-refractivity contribution in [2.45, 2.75) is 136 Å². The summed E-state index contributed by atoms with van der Waals surface area (Å²) in [4.78, 5) is 83.6. The highest BCUT2D eigenvalue weighted by molar-refractivity contribution is 6.02. The van der Waals surface area contributed by atoms with E-state index in [-0.39, 0.29) is 56.9 Å². The third-order valence-electron chi connectivity index (χ3n) is 6.39. The lowest BCUT2D eigenvalue weighted by molar-refractivity contribution is -0.139. The lowest BCUT2D eigenvalue weighted by Crippen LogP contribution is -2.38. The van der Waals surface area contributed by atoms with Crippen molar-refractivity contribution in [3.05, 3.63) is 0 Å². The number of aliphatic carboxylic acids is 2. The minimum absolute atomic E-state index is 0.0830. The molecule has 6 N–H and O–H groups in total. The quantitative estimate of drug-likeness (QED) is 0.104. The molecular weight excluding hydrogens is 616 g/mol. The van der Waals surface area contributed by atoms with Gasteiger partial charge in [0.2, 0.25) is 11.8 Å². The largest absolute Gasteiger partial charge is 0.480 e. The summed E-state index contributed by atoms with van der Waals surface area (Å²) in [6.45, 7) is 13.3. The van der Waals surface area contributed by atoms with Gasteiger partial charge in [0.15, 0.2) is 0 Å². The van der Waals surface area contributed by atoms with Crippen LogP contribution < -0.4 is 11.5 Å². The molecule has 0 aliphatic heterocycles. The van der Waals surface area contributed by atoms with Gasteiger partial charge in [-0.05, 0) is 100 Å². The normalized spacial score (nSPS) is 13.7. The fourth-order valence-electron chi connectivity index (χ4n) is 4.06. The SMILES string of the molecule is CC(=NC(=O)OC(C)(C)C)N(CCCCC(N)C(=O)O)C(=O)CCCC(=O)N(CCCCC(N)C(=O)O)C(C)=NC(=O)OC(C)(C)C. The topological polar surface area (TPSA) is 245 Å². The van der Waals surface area contributed by atoms with E-state index in [0.29, 0.717) is 25.7 Å². The predicted molar refractivity (Wildman–Crippen MR) is 175 cm³/mol. The number of carbonyl (C=O) groups is 6. The minimum atomic E-state index is -1.13. The number of unbranched alkanes of at least 4 members (excludes halogenated alkanes) is 2. The van der Waals surface area contributed by atoms with Crippen LogP contribution >= 0.6 is 0 Å². The van der Waals surface area contributed by atoms with E-state index in [1.54, 1.807) is 41.5 Å². The van der Waals surface area contributed by atoms with Gasteiger partial charge < -0.3 is 41.0 Å². The molecule has 0 aliphatic rings. The number of carboxylic acids is 2. The lowest BCUT2D eigenvalue weighted by Gasteiger charge is -2.25. The van der Waals surface area contributed by atoms with Gasteiger partial charge in [-0.2, -0.15) is 9.98 Å². The Morgan fingerprint density at radius 1 is 0.617 bits per heavy atom. The number of carbonyl (C=O) groups excluding carboxylic acids is 4. The number of carboxylic acid groups (broad SMARTS) is 2. The number of nitrogens with two attached hydrogens (primary N) is 2. The zero-order chi connectivity index (χ0) is 36.5. The molecule has 0 bridgehead atoms. The second-order valence-corrected chi connectivity index (χ2v) is 13.1. The van der Waals surface area contributed by atoms with Crippen LogP contribution in [0.4, 0.5) is 9.59 Å². The molecule has 0 rings (SSSR count). The molecule has 0 aromatic heterocycles. The molecule has 268 valence electrons. The van der Waals surface area contributed by atoms with Crippen LogP contribution in [0.3, 0.4) is 0 Å². The maximum Gasteiger partial charge on any atom is 0.435 e. The maximum atomic E-state index is 13.3. The first-order chi connectivity index (χ1) is 21.5. The van der Waals surface area contributed by atoms with E-state index in [0.717, 1.165) is 0 Å². The zero-order valence-corrected chi connectivity index (χ0v) is 29.0. The van der Waals surface area contributed by atoms with Gasteiger partial charge in [0.1, 0.15) is 35.0 Å². The van der Waals surface area contributed by atoms with E-state index in [1.165, 1.54) is 23.6 Å². The van der Waals surface area contributed by atoms with Crippen molar-refractivity contribution >= 4 is 47.6 Å². The highest BCUT2D eigenvalue weighted by Crippen LogP contribution is 2.14. The number of hydrogen-bond donors (Lipinski definition) is 4. The molecule has 0 fully saturated rings. The highest BCUT2D eigenvalue weighted by atomic mass is 16.6. The van der Waals surface area contributed by atoms with Crippen LogP contribution in [0.15, 0.2) is 9.98 Å². The molecule has 16 heteroatoms. The van der Waals surface area contributed by atoms with Crippen molar-refractivity contribution in [3.63, 3.8) is 0 Å². The van der Waals surface area contributed by atoms with Crippen LogP contribution in [0.5, 0.6) is 0 Å². The predicted octanol–water partition coefficient (Wildman–Crippen LogP) is 3.69. The summed E-state index contributed by atoms with van der Waals surface area (Å²) in [5.74, 6) is -2.93. The van der Waals surface area contributed by atoms with Crippen molar-refractivity contribution < 1.29 is 48.5 Å². The van der Waals surface area contributed by atoms with E-state index in [2.05, 4.69) is 9.98 Å². The summed E-state index contributed by atoms with van der Waals surface area (Å²) in [6.07, 6.45) is 0.113. The standard InChI is InChI=1S/C31H54N6O10/c1-20(34-28(44)46-30(3,4)5)36(18-11-9-14-22(32)26(40)41)24(38)16-13-17-25(39)37(19-12-10-15-23(33)27(42)43)21(2)35-29(45)47-31(6,7)8/h22-23H,9-19,32-33H2,1-8H3,(H,40,41)(H,42,43). The van der Waals surface area contributed by atoms with Crippen LogP contribution in [0.25, 0.3) is 0 Å². The summed E-state index contributed by atoms with van der Waals surface area (Å²) in [6, 6.07) is -2.08. The molecule has 2 atom stereocenters. The lowest BCUT2D eigenvalue weighted by atomic mass is 10.1. The Morgan fingerprint density at radius 3 is 1.21 bits per heavy atom. The number of aliphatic imine (C=N–C) groups is 2. The van der Waals surface area contributed by atoms with Gasteiger partial charge in [0.05, 0.1) is 0 Å². The summed E-state index contributed by atoms with van der Waals surface area (Å²) in [5.41, 5.74) is 9.53. The smallest absolute Gasteiger partial charge is 0.435 e. The molecule has 0 radical (unpaired) electrons. The monoisotopic (exact) mass is 670 g/mol. The fourth-order valence-corrected chi connectivity index (χ4v) is 4.06. The minimum Gasteiger partial charge on any atom is -0.480 e. The summed E-state index contributed by atoms with van der Waals surface area (Å²) in [5, 5.41) is 18.0. The zero-order valence-electron chi connectivity index (χ0n) is 29.0. The number of nitrogens with zero attached hydrogens (tertiary/aromatic N) is 4. The molecular formula is C31H54N6O10. The summed E-state index contributed by atoms with van der Waals surface area (Å²) < 4.78 is 10.5. The van der Waals surface area contributed by atoms with E-state index in [4.69, 9.17) is 31.2 Å². The molecule has 2 unspecified atom stereocenters. The van der Waals surface area contributed by atoms with Crippen LogP contribution in [-0.2, 0) is 28.7 Å². The summed E-state index contributed by atoms with van der Waals surface area (Å²) >= 11 is 0. The van der Waals surface area contributed by atoms with E-state index < -0.39 is 59.2 Å². The van der Waals surface area contributed by atoms with Gasteiger partial charge in [0, 0.05) is 25.9 Å². The van der Waals surface area contributed by atoms with Crippen molar-refractivity contribution in [3.8, 4) is 0 Å². The fraction of sp³-hybridized carbons (Fsp3) is 0.742. The molecule has 0 heterocycles. The van der Waals surface area contributed by atoms with Crippen molar-refractivity contribution in [1.29, 1.82) is 0 Å². The Hall–Kier alpha value is -3.92. The molecule has 16 nitrogen and oxygen atoms in total. The van der Waals surface area contributed by atoms with Crippen LogP contribution in [0, 0.1) is 0 Å². The van der Waals surface area contributed by atoms with Gasteiger partial charge in [-0.1, -0.05) is 0 Å². The molecule has 0 spiro atoms. The Kier molecular flexibility index (Phi) is 18.6. The highest BCUT2D eigenvalue weighted by Gasteiger charge is 2.24. The van der Waals surface area contributed by atoms with Gasteiger partial charge in [-0.25, -0.2) is 9.59 Å². The molecule has 0 saturated heterocycles. The molecule has 0 aromatic carbocycles. The Labute approximate surface area is 276 Å². The number of hydrogen-bond acceptors (Lipinski definition) is 10. The van der Waals surface area contributed by atoms with Crippen LogP contribution in [0.1, 0.15) is 113 Å². The van der Waals surface area contributed by atoms with Gasteiger partial charge in [-0.3, -0.25) is 19.2 Å². The van der Waals surface area contributed by atoms with Crippen LogP contribution in [0.2, 0.25) is 0 Å². The summed E-state index contributed by atoms with van der Waals surface area (Å²) in [7, 11) is 0. The van der Waals surface area contributed by atoms with E-state index >= 15 is 0 Å².